The monoisotopic (exact) mass is 425 g/mol. The fraction of sp³-hybridized carbons (Fsp3) is 0.263. The second-order valence-electron chi connectivity index (χ2n) is 5.65. The first-order valence-electron chi connectivity index (χ1n) is 8.34. The zero-order chi connectivity index (χ0) is 20.7. The molecule has 28 heavy (non-hydrogen) atoms. The molecule has 2 atom stereocenters. The van der Waals surface area contributed by atoms with E-state index in [4.69, 9.17) is 21.1 Å². The molecule has 0 saturated heterocycles. The van der Waals surface area contributed by atoms with E-state index >= 15 is 0 Å². The first-order chi connectivity index (χ1) is 13.3. The molecule has 0 aliphatic heterocycles. The number of benzene rings is 2. The van der Waals surface area contributed by atoms with Gasteiger partial charge in [0.25, 0.3) is 10.0 Å². The van der Waals surface area contributed by atoms with Gasteiger partial charge < -0.3 is 14.6 Å². The number of ether oxygens (including phenoxy) is 2. The number of aliphatic hydroxyl groups is 1. The van der Waals surface area contributed by atoms with Gasteiger partial charge >= 0.3 is 5.97 Å². The summed E-state index contributed by atoms with van der Waals surface area (Å²) in [5.41, 5.74) is 0.440. The van der Waals surface area contributed by atoms with Crippen molar-refractivity contribution < 1.29 is 27.8 Å². The van der Waals surface area contributed by atoms with Gasteiger partial charge in [-0.15, -0.1) is 4.40 Å². The SMILES string of the molecule is CCOC(=O)C(O)C(/C(=N/S(=O)(=O)c1ccc(Cl)cc1)OC)c1ccccc1. The summed E-state index contributed by atoms with van der Waals surface area (Å²) in [4.78, 5) is 12.0. The van der Waals surface area contributed by atoms with E-state index in [-0.39, 0.29) is 17.4 Å². The lowest BCUT2D eigenvalue weighted by Gasteiger charge is -2.22. The zero-order valence-corrected chi connectivity index (χ0v) is 16.9. The van der Waals surface area contributed by atoms with Crippen molar-refractivity contribution in [2.75, 3.05) is 13.7 Å². The molecule has 0 aliphatic carbocycles. The van der Waals surface area contributed by atoms with Gasteiger partial charge in [0.15, 0.2) is 6.10 Å². The third-order valence-electron chi connectivity index (χ3n) is 3.80. The molecule has 2 aromatic rings. The summed E-state index contributed by atoms with van der Waals surface area (Å²) in [5.74, 6) is -2.43. The Hall–Kier alpha value is -2.42. The lowest BCUT2D eigenvalue weighted by molar-refractivity contribution is -0.153. The average Bonchev–Trinajstić information content (AvgIpc) is 2.68. The first kappa shape index (κ1) is 21.9. The van der Waals surface area contributed by atoms with Gasteiger partial charge in [0, 0.05) is 5.02 Å². The highest BCUT2D eigenvalue weighted by molar-refractivity contribution is 7.90. The highest BCUT2D eigenvalue weighted by Gasteiger charge is 2.35. The summed E-state index contributed by atoms with van der Waals surface area (Å²) in [5, 5.41) is 10.9. The summed E-state index contributed by atoms with van der Waals surface area (Å²) in [7, 11) is -2.96. The third kappa shape index (κ3) is 5.31. The summed E-state index contributed by atoms with van der Waals surface area (Å²) in [6, 6.07) is 13.8. The topological polar surface area (TPSA) is 102 Å². The third-order valence-corrected chi connectivity index (χ3v) is 5.34. The molecule has 0 amide bonds. The fourth-order valence-corrected chi connectivity index (χ4v) is 3.62. The van der Waals surface area contributed by atoms with Crippen molar-refractivity contribution >= 4 is 33.5 Å². The van der Waals surface area contributed by atoms with Crippen LogP contribution >= 0.6 is 11.6 Å². The van der Waals surface area contributed by atoms with Crippen LogP contribution in [0.5, 0.6) is 0 Å². The molecule has 7 nitrogen and oxygen atoms in total. The van der Waals surface area contributed by atoms with Crippen molar-refractivity contribution in [3.05, 3.63) is 65.2 Å². The molecule has 150 valence electrons. The number of rotatable bonds is 7. The minimum Gasteiger partial charge on any atom is -0.483 e. The Labute approximate surface area is 168 Å². The van der Waals surface area contributed by atoms with Gasteiger partial charge in [-0.25, -0.2) is 4.79 Å². The fourth-order valence-electron chi connectivity index (χ4n) is 2.48. The van der Waals surface area contributed by atoms with Crippen LogP contribution in [-0.4, -0.2) is 45.2 Å². The molecular formula is C19H20ClNO6S. The maximum atomic E-state index is 12.7. The molecule has 0 saturated carbocycles. The van der Waals surface area contributed by atoms with Gasteiger partial charge in [0.05, 0.1) is 24.5 Å². The predicted molar refractivity (Wildman–Crippen MR) is 105 cm³/mol. The average molecular weight is 426 g/mol. The normalized spacial score (nSPS) is 14.2. The maximum absolute atomic E-state index is 12.7. The number of carbonyl (C=O) groups excluding carboxylic acids is 1. The zero-order valence-electron chi connectivity index (χ0n) is 15.3. The standard InChI is InChI=1S/C19H20ClNO6S/c1-3-27-19(23)17(22)16(13-7-5-4-6-8-13)18(26-2)21-28(24,25)15-11-9-14(20)10-12-15/h4-12,16-17,22H,3H2,1-2H3/b21-18-. The van der Waals surface area contributed by atoms with Crippen LogP contribution in [0, 0.1) is 0 Å². The molecule has 9 heteroatoms. The number of halogens is 1. The Bertz CT molecular complexity index is 929. The Kier molecular flexibility index (Phi) is 7.56. The van der Waals surface area contributed by atoms with E-state index < -0.39 is 28.0 Å². The largest absolute Gasteiger partial charge is 0.483 e. The van der Waals surface area contributed by atoms with Gasteiger partial charge in [-0.2, -0.15) is 8.42 Å². The number of hydrogen-bond acceptors (Lipinski definition) is 6. The van der Waals surface area contributed by atoms with Crippen molar-refractivity contribution in [3.63, 3.8) is 0 Å². The van der Waals surface area contributed by atoms with Crippen molar-refractivity contribution in [3.8, 4) is 0 Å². The number of aliphatic hydroxyl groups excluding tert-OH is 1. The smallest absolute Gasteiger partial charge is 0.336 e. The van der Waals surface area contributed by atoms with E-state index in [1.807, 2.05) is 0 Å². The highest BCUT2D eigenvalue weighted by atomic mass is 35.5. The second kappa shape index (κ2) is 9.68. The maximum Gasteiger partial charge on any atom is 0.336 e. The molecule has 0 aromatic heterocycles. The first-order valence-corrected chi connectivity index (χ1v) is 10.2. The Balaban J connectivity index is 2.53. The van der Waals surface area contributed by atoms with E-state index in [2.05, 4.69) is 4.40 Å². The number of sulfonamides is 1. The molecule has 2 aromatic carbocycles. The van der Waals surface area contributed by atoms with Crippen molar-refractivity contribution in [2.45, 2.75) is 23.8 Å². The Morgan fingerprint density at radius 1 is 1.14 bits per heavy atom. The van der Waals surface area contributed by atoms with Crippen LogP contribution in [0.4, 0.5) is 0 Å². The molecule has 0 radical (unpaired) electrons. The van der Waals surface area contributed by atoms with Crippen LogP contribution in [0.3, 0.4) is 0 Å². The number of nitrogens with zero attached hydrogens (tertiary/aromatic N) is 1. The van der Waals surface area contributed by atoms with Crippen LogP contribution in [0.1, 0.15) is 18.4 Å². The van der Waals surface area contributed by atoms with E-state index in [1.54, 1.807) is 37.3 Å². The van der Waals surface area contributed by atoms with Gasteiger partial charge in [-0.3, -0.25) is 0 Å². The van der Waals surface area contributed by atoms with Gasteiger partial charge in [-0.05, 0) is 36.8 Å². The van der Waals surface area contributed by atoms with Crippen molar-refractivity contribution in [1.82, 2.24) is 0 Å². The highest BCUT2D eigenvalue weighted by Crippen LogP contribution is 2.26. The number of methoxy groups -OCH3 is 1. The van der Waals surface area contributed by atoms with Gasteiger partial charge in [0.2, 0.25) is 5.90 Å². The molecular weight excluding hydrogens is 406 g/mol. The number of hydrogen-bond donors (Lipinski definition) is 1. The van der Waals surface area contributed by atoms with E-state index in [0.29, 0.717) is 10.6 Å². The molecule has 0 heterocycles. The van der Waals surface area contributed by atoms with E-state index in [0.717, 1.165) is 0 Å². The molecule has 2 rings (SSSR count). The van der Waals surface area contributed by atoms with E-state index in [9.17, 15) is 18.3 Å². The van der Waals surface area contributed by atoms with Crippen LogP contribution in [-0.2, 0) is 24.3 Å². The summed E-state index contributed by atoms with van der Waals surface area (Å²) >= 11 is 5.79. The molecule has 0 aliphatic rings. The molecule has 0 bridgehead atoms. The summed E-state index contributed by atoms with van der Waals surface area (Å²) in [6.45, 7) is 1.65. The van der Waals surface area contributed by atoms with Crippen LogP contribution < -0.4 is 0 Å². The van der Waals surface area contributed by atoms with Crippen LogP contribution in [0.2, 0.25) is 5.02 Å². The minimum atomic E-state index is -4.17. The Morgan fingerprint density at radius 2 is 1.75 bits per heavy atom. The van der Waals surface area contributed by atoms with Crippen LogP contribution in [0.15, 0.2) is 63.9 Å². The summed E-state index contributed by atoms with van der Waals surface area (Å²) < 4.78 is 39.1. The number of carbonyl (C=O) groups is 1. The predicted octanol–water partition coefficient (Wildman–Crippen LogP) is 2.78. The van der Waals surface area contributed by atoms with Crippen molar-refractivity contribution in [1.29, 1.82) is 0 Å². The second-order valence-corrected chi connectivity index (χ2v) is 7.69. The lowest BCUT2D eigenvalue weighted by Crippen LogP contribution is -2.35. The summed E-state index contributed by atoms with van der Waals surface area (Å²) in [6.07, 6.45) is -1.71. The number of esters is 1. The molecule has 0 fully saturated rings. The molecule has 1 N–H and O–H groups in total. The van der Waals surface area contributed by atoms with Crippen molar-refractivity contribution in [2.24, 2.45) is 4.40 Å². The van der Waals surface area contributed by atoms with Gasteiger partial charge in [0.1, 0.15) is 0 Å². The molecule has 0 spiro atoms. The van der Waals surface area contributed by atoms with E-state index in [1.165, 1.54) is 31.4 Å². The quantitative estimate of drug-likeness (QED) is 0.415. The lowest BCUT2D eigenvalue weighted by atomic mass is 9.93. The van der Waals surface area contributed by atoms with Crippen LogP contribution in [0.25, 0.3) is 0 Å². The van der Waals surface area contributed by atoms with Gasteiger partial charge in [-0.1, -0.05) is 41.9 Å². The molecule has 2 unspecified atom stereocenters. The minimum absolute atomic E-state index is 0.0555. The Morgan fingerprint density at radius 3 is 2.29 bits per heavy atom.